The predicted molar refractivity (Wildman–Crippen MR) is 130 cm³/mol. The van der Waals surface area contributed by atoms with E-state index >= 15 is 0 Å². The van der Waals surface area contributed by atoms with Crippen molar-refractivity contribution < 1.29 is 14.3 Å². The number of hydrogen-bond donors (Lipinski definition) is 2. The highest BCUT2D eigenvalue weighted by Crippen LogP contribution is 2.19. The van der Waals surface area contributed by atoms with Gasteiger partial charge in [-0.05, 0) is 17.5 Å². The van der Waals surface area contributed by atoms with E-state index in [2.05, 4.69) is 4.98 Å². The van der Waals surface area contributed by atoms with Crippen LogP contribution in [0.2, 0.25) is 0 Å². The minimum Gasteiger partial charge on any atom is -0.452 e. The largest absolute Gasteiger partial charge is 0.452 e. The maximum Gasteiger partial charge on any atom is 0.338 e. The van der Waals surface area contributed by atoms with Crippen molar-refractivity contribution in [1.82, 2.24) is 14.1 Å². The number of carbonyl (C=O) groups is 2. The number of aromatic amines is 1. The Kier molecular flexibility index (Phi) is 7.69. The van der Waals surface area contributed by atoms with Gasteiger partial charge in [0.25, 0.3) is 17.0 Å². The molecule has 0 unspecified atom stereocenters. The number of rotatable bonds is 8. The van der Waals surface area contributed by atoms with Crippen molar-refractivity contribution in [2.24, 2.45) is 13.0 Å². The van der Waals surface area contributed by atoms with E-state index in [0.717, 1.165) is 16.5 Å². The molecule has 1 aromatic carbocycles. The summed E-state index contributed by atoms with van der Waals surface area (Å²) in [5, 5.41) is 0. The first-order valence-electron chi connectivity index (χ1n) is 10.9. The number of nitrogens with two attached hydrogens (primary N) is 1. The van der Waals surface area contributed by atoms with Crippen molar-refractivity contribution in [3.8, 4) is 0 Å². The molecule has 11 heteroatoms. The zero-order valence-electron chi connectivity index (χ0n) is 19.7. The third-order valence-corrected chi connectivity index (χ3v) is 5.18. The van der Waals surface area contributed by atoms with Gasteiger partial charge in [-0.15, -0.1) is 0 Å². The number of nitrogens with zero attached hydrogens (tertiary/aromatic N) is 3. The fourth-order valence-electron chi connectivity index (χ4n) is 3.41. The maximum atomic E-state index is 13.1. The molecular weight excluding hydrogens is 454 g/mol. The van der Waals surface area contributed by atoms with Crippen molar-refractivity contribution in [3.63, 3.8) is 0 Å². The fourth-order valence-corrected chi connectivity index (χ4v) is 3.41. The van der Waals surface area contributed by atoms with E-state index in [0.29, 0.717) is 0 Å². The normalized spacial score (nSPS) is 10.9. The van der Waals surface area contributed by atoms with Crippen LogP contribution in [0, 0.1) is 5.92 Å². The number of anilines is 2. The smallest absolute Gasteiger partial charge is 0.338 e. The molecule has 0 aliphatic rings. The Labute approximate surface area is 200 Å². The Morgan fingerprint density at radius 3 is 2.43 bits per heavy atom. The molecule has 0 fully saturated rings. The summed E-state index contributed by atoms with van der Waals surface area (Å²) in [7, 11) is 1.53. The number of aromatic nitrogens is 3. The van der Waals surface area contributed by atoms with Gasteiger partial charge >= 0.3 is 11.7 Å². The molecule has 0 aliphatic heterocycles. The van der Waals surface area contributed by atoms with Gasteiger partial charge in [0, 0.05) is 25.9 Å². The summed E-state index contributed by atoms with van der Waals surface area (Å²) in [4.78, 5) is 65.7. The summed E-state index contributed by atoms with van der Waals surface area (Å²) in [6.45, 7) is 3.13. The number of esters is 1. The van der Waals surface area contributed by atoms with Gasteiger partial charge in [0.05, 0.1) is 12.1 Å². The second kappa shape index (κ2) is 10.7. The number of ether oxygens (including phenoxy) is 1. The van der Waals surface area contributed by atoms with Gasteiger partial charge in [0.2, 0.25) is 0 Å². The van der Waals surface area contributed by atoms with E-state index < -0.39 is 35.3 Å². The molecule has 3 rings (SSSR count). The Bertz CT molecular complexity index is 1400. The molecule has 2 heterocycles. The molecule has 1 amide bonds. The minimum atomic E-state index is -0.864. The molecule has 11 nitrogen and oxygen atoms in total. The highest BCUT2D eigenvalue weighted by Gasteiger charge is 2.26. The number of aryl methyl sites for hydroxylation is 1. The second-order valence-corrected chi connectivity index (χ2v) is 8.40. The summed E-state index contributed by atoms with van der Waals surface area (Å²) >= 11 is 0. The van der Waals surface area contributed by atoms with Crippen LogP contribution in [0.1, 0.15) is 29.8 Å². The van der Waals surface area contributed by atoms with Crippen molar-refractivity contribution in [2.45, 2.75) is 20.4 Å². The van der Waals surface area contributed by atoms with Gasteiger partial charge in [0.1, 0.15) is 5.82 Å². The van der Waals surface area contributed by atoms with E-state index in [-0.39, 0.29) is 36.1 Å². The number of H-pyrrole nitrogens is 1. The summed E-state index contributed by atoms with van der Waals surface area (Å²) in [6.07, 6.45) is 1.40. The molecule has 0 radical (unpaired) electrons. The van der Waals surface area contributed by atoms with Crippen molar-refractivity contribution >= 4 is 23.4 Å². The number of nitrogen functional groups attached to an aromatic ring is 1. The van der Waals surface area contributed by atoms with Gasteiger partial charge in [-0.25, -0.2) is 9.59 Å². The van der Waals surface area contributed by atoms with Crippen molar-refractivity contribution in [1.29, 1.82) is 0 Å². The second-order valence-electron chi connectivity index (χ2n) is 8.40. The first kappa shape index (κ1) is 25.2. The lowest BCUT2D eigenvalue weighted by molar-refractivity contribution is -0.121. The number of amides is 1. The molecular formula is C24H27N5O6. The molecule has 2 aromatic heterocycles. The molecule has 0 spiro atoms. The van der Waals surface area contributed by atoms with Gasteiger partial charge < -0.3 is 19.9 Å². The molecule has 0 saturated carbocycles. The standard InChI is InChI=1S/C24H27N5O6/c1-15(2)12-28(19(31)14-35-23(33)17-9-10-27(3)18(30)11-17)20-21(25)29(24(34)26-22(20)32)13-16-7-5-4-6-8-16/h4-11,15H,12-14,25H2,1-3H3,(H,26,32,34). The van der Waals surface area contributed by atoms with Crippen LogP contribution in [0.25, 0.3) is 0 Å². The zero-order valence-corrected chi connectivity index (χ0v) is 19.7. The first-order chi connectivity index (χ1) is 16.6. The maximum absolute atomic E-state index is 13.1. The highest BCUT2D eigenvalue weighted by molar-refractivity contribution is 5.98. The zero-order chi connectivity index (χ0) is 25.7. The Morgan fingerprint density at radius 2 is 1.80 bits per heavy atom. The Morgan fingerprint density at radius 1 is 1.11 bits per heavy atom. The summed E-state index contributed by atoms with van der Waals surface area (Å²) in [5.74, 6) is -1.84. The van der Waals surface area contributed by atoms with Gasteiger partial charge in [0.15, 0.2) is 12.3 Å². The minimum absolute atomic E-state index is 0.00918. The highest BCUT2D eigenvalue weighted by atomic mass is 16.5. The van der Waals surface area contributed by atoms with Gasteiger partial charge in [-0.2, -0.15) is 0 Å². The molecule has 3 N–H and O–H groups in total. The van der Waals surface area contributed by atoms with Crippen LogP contribution in [-0.2, 0) is 23.1 Å². The lowest BCUT2D eigenvalue weighted by atomic mass is 10.2. The predicted octanol–water partition coefficient (Wildman–Crippen LogP) is 0.712. The SMILES string of the molecule is CC(C)CN(C(=O)COC(=O)c1ccn(C)c(=O)c1)c1c(N)n(Cc2ccccc2)c(=O)[nH]c1=O. The van der Waals surface area contributed by atoms with Crippen LogP contribution in [0.4, 0.5) is 11.5 Å². The monoisotopic (exact) mass is 481 g/mol. The third kappa shape index (κ3) is 5.94. The average molecular weight is 482 g/mol. The van der Waals surface area contributed by atoms with E-state index in [1.165, 1.54) is 28.4 Å². The number of hydrogen-bond acceptors (Lipinski definition) is 7. The van der Waals surface area contributed by atoms with Crippen molar-refractivity contribution in [2.75, 3.05) is 23.8 Å². The summed E-state index contributed by atoms with van der Waals surface area (Å²) < 4.78 is 7.55. The molecule has 184 valence electrons. The summed E-state index contributed by atoms with van der Waals surface area (Å²) in [5.41, 5.74) is 4.83. The lowest BCUT2D eigenvalue weighted by Crippen LogP contribution is -2.44. The fraction of sp³-hybridized carbons (Fsp3) is 0.292. The van der Waals surface area contributed by atoms with Crippen LogP contribution in [0.15, 0.2) is 63.0 Å². The van der Waals surface area contributed by atoms with Crippen LogP contribution >= 0.6 is 0 Å². The average Bonchev–Trinajstić information content (AvgIpc) is 2.81. The topological polar surface area (TPSA) is 149 Å². The molecule has 3 aromatic rings. The third-order valence-electron chi connectivity index (χ3n) is 5.18. The first-order valence-corrected chi connectivity index (χ1v) is 10.9. The van der Waals surface area contributed by atoms with Crippen LogP contribution in [0.3, 0.4) is 0 Å². The molecule has 0 saturated heterocycles. The number of carbonyl (C=O) groups excluding carboxylic acids is 2. The van der Waals surface area contributed by atoms with E-state index in [9.17, 15) is 24.0 Å². The Hall–Kier alpha value is -4.41. The van der Waals surface area contributed by atoms with Crippen LogP contribution in [0.5, 0.6) is 0 Å². The van der Waals surface area contributed by atoms with Gasteiger partial charge in [-0.3, -0.25) is 23.9 Å². The Balaban J connectivity index is 1.91. The van der Waals surface area contributed by atoms with Crippen LogP contribution < -0.4 is 27.4 Å². The molecule has 0 bridgehead atoms. The van der Waals surface area contributed by atoms with E-state index in [1.807, 2.05) is 19.9 Å². The quantitative estimate of drug-likeness (QED) is 0.450. The van der Waals surface area contributed by atoms with Crippen LogP contribution in [-0.4, -0.2) is 39.1 Å². The lowest BCUT2D eigenvalue weighted by Gasteiger charge is -2.26. The molecule has 0 atom stereocenters. The van der Waals surface area contributed by atoms with Crippen molar-refractivity contribution in [3.05, 3.63) is 91.0 Å². The van der Waals surface area contributed by atoms with Gasteiger partial charge in [-0.1, -0.05) is 44.2 Å². The number of benzene rings is 1. The summed E-state index contributed by atoms with van der Waals surface area (Å²) in [6, 6.07) is 11.5. The van der Waals surface area contributed by atoms with E-state index in [4.69, 9.17) is 10.5 Å². The number of nitrogens with one attached hydrogen (secondary N) is 1. The molecule has 35 heavy (non-hydrogen) atoms. The molecule has 0 aliphatic carbocycles. The van der Waals surface area contributed by atoms with E-state index in [1.54, 1.807) is 24.3 Å². The number of pyridine rings is 1.